The van der Waals surface area contributed by atoms with E-state index in [2.05, 4.69) is 11.4 Å². The van der Waals surface area contributed by atoms with Crippen molar-refractivity contribution in [1.29, 1.82) is 0 Å². The molecule has 0 aromatic heterocycles. The Morgan fingerprint density at radius 1 is 1.39 bits per heavy atom. The largest absolute Gasteiger partial charge is 0.326 e. The van der Waals surface area contributed by atoms with Crippen molar-refractivity contribution in [3.63, 3.8) is 0 Å². The second-order valence-electron chi connectivity index (χ2n) is 4.91. The summed E-state index contributed by atoms with van der Waals surface area (Å²) in [5.74, 6) is 0.256. The number of hydrogen-bond acceptors (Lipinski definition) is 3. The molecular weight excluding hydrogens is 228 g/mol. The fourth-order valence-corrected chi connectivity index (χ4v) is 2.28. The smallest absolute Gasteiger partial charge is 0.224 e. The number of benzene rings is 1. The summed E-state index contributed by atoms with van der Waals surface area (Å²) in [7, 11) is 1.93. The lowest BCUT2D eigenvalue weighted by atomic mass is 10.0. The standard InChI is InChI=1S/C14H18N2O2/c1-10(17)8-16(2)9-11-3-5-13-12(7-11)4-6-14(18)15-13/h3,5,7H,4,6,8-9H2,1-2H3,(H,15,18). The van der Waals surface area contributed by atoms with Crippen molar-refractivity contribution in [3.05, 3.63) is 29.3 Å². The summed E-state index contributed by atoms with van der Waals surface area (Å²) in [6.07, 6.45) is 1.35. The summed E-state index contributed by atoms with van der Waals surface area (Å²) < 4.78 is 0. The van der Waals surface area contributed by atoms with Crippen molar-refractivity contribution in [2.24, 2.45) is 0 Å². The molecule has 0 saturated carbocycles. The Kier molecular flexibility index (Phi) is 3.77. The molecule has 4 heteroatoms. The fourth-order valence-electron chi connectivity index (χ4n) is 2.28. The van der Waals surface area contributed by atoms with Gasteiger partial charge in [0, 0.05) is 18.7 Å². The minimum absolute atomic E-state index is 0.0870. The number of fused-ring (bicyclic) bond motifs is 1. The summed E-state index contributed by atoms with van der Waals surface area (Å²) in [5, 5.41) is 2.87. The van der Waals surface area contributed by atoms with E-state index in [0.717, 1.165) is 18.7 Å². The molecule has 1 heterocycles. The maximum absolute atomic E-state index is 11.3. The zero-order valence-corrected chi connectivity index (χ0v) is 10.8. The molecule has 0 saturated heterocycles. The summed E-state index contributed by atoms with van der Waals surface area (Å²) in [6.45, 7) is 2.81. The van der Waals surface area contributed by atoms with Gasteiger partial charge in [-0.25, -0.2) is 0 Å². The number of carbonyl (C=O) groups is 2. The Bertz CT molecular complexity index is 483. The van der Waals surface area contributed by atoms with Gasteiger partial charge in [0.1, 0.15) is 5.78 Å². The second kappa shape index (κ2) is 5.31. The van der Waals surface area contributed by atoms with Gasteiger partial charge >= 0.3 is 0 Å². The lowest BCUT2D eigenvalue weighted by molar-refractivity contribution is -0.118. The summed E-state index contributed by atoms with van der Waals surface area (Å²) in [4.78, 5) is 24.3. The first-order valence-electron chi connectivity index (χ1n) is 6.14. The van der Waals surface area contributed by atoms with E-state index in [1.54, 1.807) is 6.92 Å². The molecule has 1 aliphatic heterocycles. The third-order valence-electron chi connectivity index (χ3n) is 3.01. The van der Waals surface area contributed by atoms with Crippen LogP contribution < -0.4 is 5.32 Å². The third kappa shape index (κ3) is 3.17. The lowest BCUT2D eigenvalue weighted by Gasteiger charge is -2.19. The average Bonchev–Trinajstić information content (AvgIpc) is 2.28. The van der Waals surface area contributed by atoms with E-state index >= 15 is 0 Å². The van der Waals surface area contributed by atoms with Crippen molar-refractivity contribution in [1.82, 2.24) is 4.90 Å². The van der Waals surface area contributed by atoms with E-state index < -0.39 is 0 Å². The van der Waals surface area contributed by atoms with Crippen LogP contribution in [0.25, 0.3) is 0 Å². The van der Waals surface area contributed by atoms with Crippen LogP contribution in [0.2, 0.25) is 0 Å². The molecule has 0 spiro atoms. The highest BCUT2D eigenvalue weighted by molar-refractivity contribution is 5.93. The van der Waals surface area contributed by atoms with Crippen LogP contribution in [-0.4, -0.2) is 30.2 Å². The van der Waals surface area contributed by atoms with Gasteiger partial charge in [0.05, 0.1) is 6.54 Å². The van der Waals surface area contributed by atoms with Crippen LogP contribution in [0.5, 0.6) is 0 Å². The van der Waals surface area contributed by atoms with Crippen molar-refractivity contribution in [2.45, 2.75) is 26.3 Å². The molecule has 4 nitrogen and oxygen atoms in total. The van der Waals surface area contributed by atoms with E-state index in [1.807, 2.05) is 24.1 Å². The minimum atomic E-state index is 0.0870. The topological polar surface area (TPSA) is 49.4 Å². The van der Waals surface area contributed by atoms with Gasteiger partial charge in [-0.2, -0.15) is 0 Å². The first kappa shape index (κ1) is 12.8. The SMILES string of the molecule is CC(=O)CN(C)Cc1ccc2c(c1)CCC(=O)N2. The number of hydrogen-bond donors (Lipinski definition) is 1. The van der Waals surface area contributed by atoms with Gasteiger partial charge in [-0.1, -0.05) is 12.1 Å². The van der Waals surface area contributed by atoms with Gasteiger partial charge in [0.25, 0.3) is 0 Å². The normalized spacial score (nSPS) is 14.3. The summed E-state index contributed by atoms with van der Waals surface area (Å²) in [5.41, 5.74) is 3.28. The fraction of sp³-hybridized carbons (Fsp3) is 0.429. The van der Waals surface area contributed by atoms with Gasteiger partial charge in [0.15, 0.2) is 0 Å². The Hall–Kier alpha value is -1.68. The average molecular weight is 246 g/mol. The van der Waals surface area contributed by atoms with Crippen LogP contribution in [-0.2, 0) is 22.6 Å². The zero-order valence-electron chi connectivity index (χ0n) is 10.8. The van der Waals surface area contributed by atoms with Gasteiger partial charge < -0.3 is 5.32 Å². The number of nitrogens with one attached hydrogen (secondary N) is 1. The molecule has 0 radical (unpaired) electrons. The molecule has 0 bridgehead atoms. The van der Waals surface area contributed by atoms with E-state index in [1.165, 1.54) is 11.1 Å². The van der Waals surface area contributed by atoms with E-state index in [4.69, 9.17) is 0 Å². The van der Waals surface area contributed by atoms with Crippen LogP contribution in [0.4, 0.5) is 5.69 Å². The molecule has 18 heavy (non-hydrogen) atoms. The van der Waals surface area contributed by atoms with E-state index in [9.17, 15) is 9.59 Å². The number of carbonyl (C=O) groups excluding carboxylic acids is 2. The number of amides is 1. The number of rotatable bonds is 4. The Labute approximate surface area is 107 Å². The molecule has 1 N–H and O–H groups in total. The number of anilines is 1. The highest BCUT2D eigenvalue weighted by atomic mass is 16.1. The van der Waals surface area contributed by atoms with Crippen LogP contribution in [0.3, 0.4) is 0 Å². The molecule has 0 unspecified atom stereocenters. The Morgan fingerprint density at radius 2 is 2.17 bits per heavy atom. The van der Waals surface area contributed by atoms with Crippen LogP contribution in [0, 0.1) is 0 Å². The van der Waals surface area contributed by atoms with Crippen LogP contribution in [0.15, 0.2) is 18.2 Å². The molecule has 1 aromatic rings. The maximum atomic E-state index is 11.3. The first-order chi connectivity index (χ1) is 8.54. The third-order valence-corrected chi connectivity index (χ3v) is 3.01. The monoisotopic (exact) mass is 246 g/mol. The molecule has 0 atom stereocenters. The molecule has 1 amide bonds. The van der Waals surface area contributed by atoms with Crippen molar-refractivity contribution >= 4 is 17.4 Å². The molecule has 0 aliphatic carbocycles. The van der Waals surface area contributed by atoms with Crippen LogP contribution >= 0.6 is 0 Å². The number of Topliss-reactive ketones (excluding diaryl/α,β-unsaturated/α-hetero) is 1. The van der Waals surface area contributed by atoms with Crippen molar-refractivity contribution < 1.29 is 9.59 Å². The van der Waals surface area contributed by atoms with Gasteiger partial charge in [-0.3, -0.25) is 14.5 Å². The minimum Gasteiger partial charge on any atom is -0.326 e. The Balaban J connectivity index is 2.07. The van der Waals surface area contributed by atoms with Crippen molar-refractivity contribution in [2.75, 3.05) is 18.9 Å². The molecular formula is C14H18N2O2. The summed E-state index contributed by atoms with van der Waals surface area (Å²) >= 11 is 0. The predicted octanol–water partition coefficient (Wildman–Crippen LogP) is 1.59. The summed E-state index contributed by atoms with van der Waals surface area (Å²) in [6, 6.07) is 6.07. The number of aryl methyl sites for hydroxylation is 1. The number of nitrogens with zero attached hydrogens (tertiary/aromatic N) is 1. The van der Waals surface area contributed by atoms with Gasteiger partial charge in [-0.15, -0.1) is 0 Å². The Morgan fingerprint density at radius 3 is 2.89 bits per heavy atom. The number of ketones is 1. The molecule has 96 valence electrons. The molecule has 2 rings (SSSR count). The maximum Gasteiger partial charge on any atom is 0.224 e. The van der Waals surface area contributed by atoms with Crippen molar-refractivity contribution in [3.8, 4) is 0 Å². The predicted molar refractivity (Wildman–Crippen MR) is 70.4 cm³/mol. The highest BCUT2D eigenvalue weighted by Crippen LogP contribution is 2.23. The van der Waals surface area contributed by atoms with E-state index in [-0.39, 0.29) is 11.7 Å². The molecule has 0 fully saturated rings. The zero-order chi connectivity index (χ0) is 13.1. The first-order valence-corrected chi connectivity index (χ1v) is 6.14. The lowest BCUT2D eigenvalue weighted by Crippen LogP contribution is -2.24. The number of likely N-dealkylation sites (N-methyl/N-ethyl adjacent to an activating group) is 1. The molecule has 1 aliphatic rings. The van der Waals surface area contributed by atoms with Crippen LogP contribution in [0.1, 0.15) is 24.5 Å². The molecule has 1 aromatic carbocycles. The highest BCUT2D eigenvalue weighted by Gasteiger charge is 2.15. The van der Waals surface area contributed by atoms with Gasteiger partial charge in [-0.05, 0) is 37.6 Å². The second-order valence-corrected chi connectivity index (χ2v) is 4.91. The van der Waals surface area contributed by atoms with Gasteiger partial charge in [0.2, 0.25) is 5.91 Å². The van der Waals surface area contributed by atoms with E-state index in [0.29, 0.717) is 13.0 Å². The quantitative estimate of drug-likeness (QED) is 0.877.